The second-order valence-corrected chi connectivity index (χ2v) is 4.43. The van der Waals surface area contributed by atoms with Crippen LogP contribution in [0, 0.1) is 0 Å². The molecule has 108 valence electrons. The van der Waals surface area contributed by atoms with E-state index in [-0.39, 0.29) is 6.54 Å². The second kappa shape index (κ2) is 6.36. The van der Waals surface area contributed by atoms with E-state index in [4.69, 9.17) is 10.5 Å². The maximum absolute atomic E-state index is 12.4. The van der Waals surface area contributed by atoms with Gasteiger partial charge in [-0.05, 0) is 31.5 Å². The molecule has 0 bridgehead atoms. The van der Waals surface area contributed by atoms with E-state index in [1.165, 1.54) is 12.1 Å². The third kappa shape index (κ3) is 4.49. The molecule has 3 nitrogen and oxygen atoms in total. The summed E-state index contributed by atoms with van der Waals surface area (Å²) in [6, 6.07) is 4.67. The fourth-order valence-corrected chi connectivity index (χ4v) is 1.53. The molecule has 0 aliphatic rings. The maximum Gasteiger partial charge on any atom is 0.416 e. The van der Waals surface area contributed by atoms with Gasteiger partial charge in [0, 0.05) is 6.54 Å². The lowest BCUT2D eigenvalue weighted by molar-refractivity contribution is -0.137. The van der Waals surface area contributed by atoms with Gasteiger partial charge in [0.2, 0.25) is 0 Å². The van der Waals surface area contributed by atoms with E-state index in [0.717, 1.165) is 12.1 Å². The number of aliphatic hydroxyl groups is 1. The standard InChI is InChI=1S/C13H18F3NO2/c1-8(18)9(2)19-12(7-17)10-3-5-11(6-4-10)13(14,15)16/h3-6,8-9,12,18H,7,17H2,1-2H3. The van der Waals surface area contributed by atoms with Gasteiger partial charge in [0.25, 0.3) is 0 Å². The molecule has 0 radical (unpaired) electrons. The predicted molar refractivity (Wildman–Crippen MR) is 65.5 cm³/mol. The fraction of sp³-hybridized carbons (Fsp3) is 0.538. The number of aliphatic hydroxyl groups excluding tert-OH is 1. The molecule has 0 spiro atoms. The number of hydrogen-bond donors (Lipinski definition) is 2. The summed E-state index contributed by atoms with van der Waals surface area (Å²) in [6.07, 6.45) is -6.02. The molecule has 0 aromatic heterocycles. The molecule has 19 heavy (non-hydrogen) atoms. The second-order valence-electron chi connectivity index (χ2n) is 4.43. The van der Waals surface area contributed by atoms with Gasteiger partial charge < -0.3 is 15.6 Å². The van der Waals surface area contributed by atoms with E-state index in [1.54, 1.807) is 13.8 Å². The summed E-state index contributed by atoms with van der Waals surface area (Å²) in [5.41, 5.74) is 5.39. The molecule has 1 aromatic carbocycles. The Morgan fingerprint density at radius 3 is 2.11 bits per heavy atom. The van der Waals surface area contributed by atoms with Crippen LogP contribution in [0.4, 0.5) is 13.2 Å². The van der Waals surface area contributed by atoms with Gasteiger partial charge in [-0.3, -0.25) is 0 Å². The summed E-state index contributed by atoms with van der Waals surface area (Å²) in [5.74, 6) is 0. The minimum Gasteiger partial charge on any atom is -0.391 e. The van der Waals surface area contributed by atoms with Crippen molar-refractivity contribution >= 4 is 0 Å². The van der Waals surface area contributed by atoms with Crippen molar-refractivity contribution in [3.05, 3.63) is 35.4 Å². The zero-order chi connectivity index (χ0) is 14.6. The van der Waals surface area contributed by atoms with Gasteiger partial charge in [-0.15, -0.1) is 0 Å². The van der Waals surface area contributed by atoms with Gasteiger partial charge in [0.15, 0.2) is 0 Å². The third-order valence-electron chi connectivity index (χ3n) is 2.88. The molecular formula is C13H18F3NO2. The van der Waals surface area contributed by atoms with Crippen LogP contribution in [-0.4, -0.2) is 23.9 Å². The Bertz CT molecular complexity index is 390. The molecule has 6 heteroatoms. The number of hydrogen-bond acceptors (Lipinski definition) is 3. The van der Waals surface area contributed by atoms with E-state index in [9.17, 15) is 18.3 Å². The van der Waals surface area contributed by atoms with Crippen LogP contribution >= 0.6 is 0 Å². The Balaban J connectivity index is 2.82. The van der Waals surface area contributed by atoms with Crippen LogP contribution in [0.1, 0.15) is 31.1 Å². The van der Waals surface area contributed by atoms with Gasteiger partial charge in [0.1, 0.15) is 0 Å². The van der Waals surface area contributed by atoms with E-state index in [0.29, 0.717) is 5.56 Å². The highest BCUT2D eigenvalue weighted by atomic mass is 19.4. The van der Waals surface area contributed by atoms with E-state index < -0.39 is 30.1 Å². The molecule has 1 rings (SSSR count). The first-order valence-electron chi connectivity index (χ1n) is 5.96. The van der Waals surface area contributed by atoms with Gasteiger partial charge in [0.05, 0.1) is 23.9 Å². The molecule has 3 unspecified atom stereocenters. The summed E-state index contributed by atoms with van der Waals surface area (Å²) < 4.78 is 42.8. The highest BCUT2D eigenvalue weighted by Crippen LogP contribution is 2.30. The monoisotopic (exact) mass is 277 g/mol. The molecule has 0 aliphatic heterocycles. The lowest BCUT2D eigenvalue weighted by Gasteiger charge is -2.23. The first-order valence-corrected chi connectivity index (χ1v) is 5.96. The quantitative estimate of drug-likeness (QED) is 0.869. The van der Waals surface area contributed by atoms with Crippen LogP contribution < -0.4 is 5.73 Å². The van der Waals surface area contributed by atoms with Gasteiger partial charge in [-0.25, -0.2) is 0 Å². The lowest BCUT2D eigenvalue weighted by Crippen LogP contribution is -2.28. The van der Waals surface area contributed by atoms with Crippen LogP contribution in [-0.2, 0) is 10.9 Å². The molecule has 0 amide bonds. The molecule has 0 saturated heterocycles. The average Bonchev–Trinajstić information content (AvgIpc) is 2.34. The molecular weight excluding hydrogens is 259 g/mol. The molecule has 0 aliphatic carbocycles. The van der Waals surface area contributed by atoms with Gasteiger partial charge in [-0.1, -0.05) is 12.1 Å². The Labute approximate surface area is 110 Å². The van der Waals surface area contributed by atoms with Crippen molar-refractivity contribution < 1.29 is 23.0 Å². The van der Waals surface area contributed by atoms with Gasteiger partial charge >= 0.3 is 6.18 Å². The summed E-state index contributed by atoms with van der Waals surface area (Å²) in [5, 5.41) is 9.35. The van der Waals surface area contributed by atoms with Crippen molar-refractivity contribution in [2.24, 2.45) is 5.73 Å². The van der Waals surface area contributed by atoms with Gasteiger partial charge in [-0.2, -0.15) is 13.2 Å². The zero-order valence-electron chi connectivity index (χ0n) is 10.8. The van der Waals surface area contributed by atoms with Crippen molar-refractivity contribution in [1.82, 2.24) is 0 Å². The SMILES string of the molecule is CC(O)C(C)OC(CN)c1ccc(C(F)(F)F)cc1. The van der Waals surface area contributed by atoms with Crippen molar-refractivity contribution in [2.75, 3.05) is 6.54 Å². The summed E-state index contributed by atoms with van der Waals surface area (Å²) in [6.45, 7) is 3.38. The van der Waals surface area contributed by atoms with Crippen LogP contribution in [0.25, 0.3) is 0 Å². The Morgan fingerprint density at radius 2 is 1.74 bits per heavy atom. The van der Waals surface area contributed by atoms with Crippen LogP contribution in [0.5, 0.6) is 0 Å². The maximum atomic E-state index is 12.4. The van der Waals surface area contributed by atoms with E-state index in [2.05, 4.69) is 0 Å². The summed E-state index contributed by atoms with van der Waals surface area (Å²) in [4.78, 5) is 0. The molecule has 3 atom stereocenters. The molecule has 0 heterocycles. The summed E-state index contributed by atoms with van der Waals surface area (Å²) in [7, 11) is 0. The minimum atomic E-state index is -4.36. The number of rotatable bonds is 5. The number of benzene rings is 1. The number of halogens is 3. The lowest BCUT2D eigenvalue weighted by atomic mass is 10.1. The molecule has 0 saturated carbocycles. The fourth-order valence-electron chi connectivity index (χ4n) is 1.53. The summed E-state index contributed by atoms with van der Waals surface area (Å²) >= 11 is 0. The van der Waals surface area contributed by atoms with Crippen LogP contribution in [0.3, 0.4) is 0 Å². The highest BCUT2D eigenvalue weighted by molar-refractivity contribution is 5.26. The molecule has 0 fully saturated rings. The normalized spacial score (nSPS) is 17.0. The first kappa shape index (κ1) is 15.9. The number of ether oxygens (including phenoxy) is 1. The van der Waals surface area contributed by atoms with Crippen LogP contribution in [0.2, 0.25) is 0 Å². The van der Waals surface area contributed by atoms with Crippen molar-refractivity contribution in [3.8, 4) is 0 Å². The zero-order valence-corrected chi connectivity index (χ0v) is 10.8. The predicted octanol–water partition coefficient (Wildman–Crippen LogP) is 2.49. The number of alkyl halides is 3. The largest absolute Gasteiger partial charge is 0.416 e. The Hall–Kier alpha value is -1.11. The Kier molecular flexibility index (Phi) is 5.34. The smallest absolute Gasteiger partial charge is 0.391 e. The molecule has 1 aromatic rings. The van der Waals surface area contributed by atoms with E-state index >= 15 is 0 Å². The average molecular weight is 277 g/mol. The van der Waals surface area contributed by atoms with Crippen molar-refractivity contribution in [2.45, 2.75) is 38.3 Å². The third-order valence-corrected chi connectivity index (χ3v) is 2.88. The van der Waals surface area contributed by atoms with Crippen molar-refractivity contribution in [1.29, 1.82) is 0 Å². The van der Waals surface area contributed by atoms with Crippen LogP contribution in [0.15, 0.2) is 24.3 Å². The van der Waals surface area contributed by atoms with Crippen molar-refractivity contribution in [3.63, 3.8) is 0 Å². The topological polar surface area (TPSA) is 55.5 Å². The minimum absolute atomic E-state index is 0.127. The Morgan fingerprint density at radius 1 is 1.21 bits per heavy atom. The molecule has 3 N–H and O–H groups in total. The first-order chi connectivity index (χ1) is 8.75. The number of nitrogens with two attached hydrogens (primary N) is 1. The highest BCUT2D eigenvalue weighted by Gasteiger charge is 2.30. The van der Waals surface area contributed by atoms with E-state index in [1.807, 2.05) is 0 Å².